The molecule has 2 heterocycles. The Balaban J connectivity index is 1.18. The van der Waals surface area contributed by atoms with Crippen LogP contribution >= 0.6 is 0 Å². The number of benzene rings is 1. The van der Waals surface area contributed by atoms with E-state index >= 15 is 0 Å². The zero-order chi connectivity index (χ0) is 25.1. The van der Waals surface area contributed by atoms with Crippen LogP contribution in [-0.4, -0.2) is 35.1 Å². The average Bonchev–Trinajstić information content (AvgIpc) is 3.21. The summed E-state index contributed by atoms with van der Waals surface area (Å²) in [6.07, 6.45) is 13.4. The first-order valence-electron chi connectivity index (χ1n) is 13.4. The molecule has 0 bridgehead atoms. The molecule has 3 saturated carbocycles. The van der Waals surface area contributed by atoms with Crippen molar-refractivity contribution in [3.63, 3.8) is 0 Å². The van der Waals surface area contributed by atoms with E-state index in [9.17, 15) is 4.79 Å². The van der Waals surface area contributed by atoms with Crippen LogP contribution < -0.4 is 14.8 Å². The van der Waals surface area contributed by atoms with Gasteiger partial charge in [0.25, 0.3) is 0 Å². The molecule has 3 aliphatic carbocycles. The number of rotatable bonds is 4. The van der Waals surface area contributed by atoms with Crippen molar-refractivity contribution in [2.75, 3.05) is 7.11 Å². The second-order valence-electron chi connectivity index (χ2n) is 12.1. The molecular formula is C30H37N3O3. The van der Waals surface area contributed by atoms with Crippen LogP contribution in [0, 0.1) is 34.5 Å². The number of nitrogens with one attached hydrogen (secondary N) is 1. The first-order chi connectivity index (χ1) is 17.3. The smallest absolute Gasteiger partial charge is 0.243 e. The molecule has 36 heavy (non-hydrogen) atoms. The highest BCUT2D eigenvalue weighted by atomic mass is 16.5. The summed E-state index contributed by atoms with van der Waals surface area (Å²) in [5, 5.41) is 3.28. The van der Waals surface area contributed by atoms with Crippen LogP contribution in [0.4, 0.5) is 0 Å². The lowest BCUT2D eigenvalue weighted by Gasteiger charge is -2.60. The average molecular weight is 488 g/mol. The number of methoxy groups -OCH3 is 1. The van der Waals surface area contributed by atoms with Crippen molar-refractivity contribution in [1.29, 1.82) is 0 Å². The Labute approximate surface area is 213 Å². The van der Waals surface area contributed by atoms with Gasteiger partial charge in [0.2, 0.25) is 11.8 Å². The van der Waals surface area contributed by atoms with Crippen molar-refractivity contribution in [3.05, 3.63) is 48.8 Å². The lowest BCUT2D eigenvalue weighted by atomic mass is 9.46. The predicted octanol–water partition coefficient (Wildman–Crippen LogP) is 5.44. The van der Waals surface area contributed by atoms with Gasteiger partial charge in [-0.3, -0.25) is 4.79 Å². The third-order valence-corrected chi connectivity index (χ3v) is 10.1. The monoisotopic (exact) mass is 487 g/mol. The van der Waals surface area contributed by atoms with E-state index in [-0.39, 0.29) is 23.5 Å². The second-order valence-corrected chi connectivity index (χ2v) is 12.1. The summed E-state index contributed by atoms with van der Waals surface area (Å²) in [4.78, 5) is 21.3. The van der Waals surface area contributed by atoms with Gasteiger partial charge in [-0.2, -0.15) is 0 Å². The second kappa shape index (κ2) is 8.60. The van der Waals surface area contributed by atoms with Crippen molar-refractivity contribution in [2.24, 2.45) is 34.5 Å². The summed E-state index contributed by atoms with van der Waals surface area (Å²) in [6, 6.07) is 8.10. The molecule has 0 spiro atoms. The minimum Gasteiger partial charge on any atom is -0.497 e. The molecule has 0 radical (unpaired) electrons. The van der Waals surface area contributed by atoms with E-state index in [1.54, 1.807) is 25.6 Å². The summed E-state index contributed by atoms with van der Waals surface area (Å²) in [6.45, 7) is 7.27. The maximum absolute atomic E-state index is 12.1. The number of hydrogen-bond donors (Lipinski definition) is 1. The Morgan fingerprint density at radius 3 is 2.58 bits per heavy atom. The summed E-state index contributed by atoms with van der Waals surface area (Å²) in [7, 11) is 1.67. The first-order valence-corrected chi connectivity index (χ1v) is 13.4. The van der Waals surface area contributed by atoms with E-state index < -0.39 is 0 Å². The molecule has 8 atom stereocenters. The molecule has 1 aromatic heterocycles. The first kappa shape index (κ1) is 23.5. The summed E-state index contributed by atoms with van der Waals surface area (Å²) in [5.41, 5.74) is 2.17. The number of carbonyl (C=O) groups excluding carboxylic acids is 1. The molecule has 1 N–H and O–H groups in total. The molecule has 1 amide bonds. The number of carbonyl (C=O) groups is 1. The van der Waals surface area contributed by atoms with Gasteiger partial charge in [-0.25, -0.2) is 9.97 Å². The summed E-state index contributed by atoms with van der Waals surface area (Å²) in [5.74, 6) is 3.98. The normalized spacial score (nSPS) is 38.9. The zero-order valence-corrected chi connectivity index (χ0v) is 21.7. The molecular weight excluding hydrogens is 450 g/mol. The van der Waals surface area contributed by atoms with Gasteiger partial charge in [0, 0.05) is 17.0 Å². The molecule has 3 fully saturated rings. The molecule has 6 nitrogen and oxygen atoms in total. The SMILES string of the molecule is COc1ccc(-c2cnc(OC3C[C@H]4[C@@H]5C(C)CC6NC(=O)C=C[C@]6(C)[C@@H]5CC[C@]4(C)C3)cn2)cc1. The molecule has 4 aliphatic rings. The van der Waals surface area contributed by atoms with Crippen LogP contribution in [0.1, 0.15) is 52.9 Å². The van der Waals surface area contributed by atoms with Crippen LogP contribution in [0.5, 0.6) is 11.6 Å². The number of fused-ring (bicyclic) bond motifs is 5. The van der Waals surface area contributed by atoms with Gasteiger partial charge in [-0.1, -0.05) is 26.8 Å². The Bertz CT molecular complexity index is 1160. The van der Waals surface area contributed by atoms with Crippen molar-refractivity contribution < 1.29 is 14.3 Å². The van der Waals surface area contributed by atoms with Gasteiger partial charge in [0.05, 0.1) is 25.2 Å². The number of aromatic nitrogens is 2. The maximum Gasteiger partial charge on any atom is 0.243 e. The van der Waals surface area contributed by atoms with Crippen LogP contribution in [0.2, 0.25) is 0 Å². The molecule has 3 unspecified atom stereocenters. The maximum atomic E-state index is 12.1. The van der Waals surface area contributed by atoms with Crippen molar-refractivity contribution in [1.82, 2.24) is 15.3 Å². The topological polar surface area (TPSA) is 73.3 Å². The third-order valence-electron chi connectivity index (χ3n) is 10.1. The number of ether oxygens (including phenoxy) is 2. The largest absolute Gasteiger partial charge is 0.497 e. The fourth-order valence-corrected chi connectivity index (χ4v) is 8.23. The van der Waals surface area contributed by atoms with E-state index in [4.69, 9.17) is 9.47 Å². The van der Waals surface area contributed by atoms with E-state index in [1.807, 2.05) is 24.3 Å². The molecule has 1 aromatic carbocycles. The fourth-order valence-electron chi connectivity index (χ4n) is 8.23. The Morgan fingerprint density at radius 2 is 1.86 bits per heavy atom. The van der Waals surface area contributed by atoms with Gasteiger partial charge in [0.1, 0.15) is 11.9 Å². The predicted molar refractivity (Wildman–Crippen MR) is 138 cm³/mol. The van der Waals surface area contributed by atoms with Crippen molar-refractivity contribution in [3.8, 4) is 22.9 Å². The lowest BCUT2D eigenvalue weighted by molar-refractivity contribution is -0.124. The highest BCUT2D eigenvalue weighted by Gasteiger charge is 2.60. The highest BCUT2D eigenvalue weighted by Crippen LogP contribution is 2.64. The zero-order valence-electron chi connectivity index (χ0n) is 21.7. The van der Waals surface area contributed by atoms with Gasteiger partial charge in [-0.05, 0) is 91.5 Å². The number of nitrogens with zero attached hydrogens (tertiary/aromatic N) is 2. The minimum absolute atomic E-state index is 0.0497. The minimum atomic E-state index is 0.0497. The van der Waals surface area contributed by atoms with Crippen LogP contribution in [0.15, 0.2) is 48.8 Å². The molecule has 190 valence electrons. The molecule has 1 aliphatic heterocycles. The van der Waals surface area contributed by atoms with Crippen molar-refractivity contribution in [2.45, 2.75) is 65.0 Å². The molecule has 0 saturated heterocycles. The number of amides is 1. The summed E-state index contributed by atoms with van der Waals surface area (Å²) < 4.78 is 11.7. The standard InChI is InChI=1S/C30H37N3O3/c1-18-13-25-30(3,12-10-26(34)33-25)22-9-11-29(2)15-21(14-23(29)28(18)22)36-27-17-31-24(16-32-27)19-5-7-20(35-4)8-6-19/h5-8,10,12,16-18,21-23,25,28H,9,11,13-15H2,1-4H3,(H,33,34)/t18?,21?,22-,23+,25?,28-,29-,30-/m1/s1. The van der Waals surface area contributed by atoms with E-state index in [0.29, 0.717) is 35.0 Å². The molecule has 2 aromatic rings. The van der Waals surface area contributed by atoms with Gasteiger partial charge < -0.3 is 14.8 Å². The molecule has 6 rings (SSSR count). The fraction of sp³-hybridized carbons (Fsp3) is 0.567. The Kier molecular flexibility index (Phi) is 5.62. The van der Waals surface area contributed by atoms with Gasteiger partial charge >= 0.3 is 0 Å². The van der Waals surface area contributed by atoms with Gasteiger partial charge in [0.15, 0.2) is 0 Å². The van der Waals surface area contributed by atoms with E-state index in [2.05, 4.69) is 42.1 Å². The lowest BCUT2D eigenvalue weighted by Crippen LogP contribution is -2.61. The van der Waals surface area contributed by atoms with E-state index in [1.165, 1.54) is 12.8 Å². The molecule has 6 heteroatoms. The van der Waals surface area contributed by atoms with Gasteiger partial charge in [-0.15, -0.1) is 0 Å². The Morgan fingerprint density at radius 1 is 1.06 bits per heavy atom. The Hall–Kier alpha value is -2.89. The van der Waals surface area contributed by atoms with Crippen molar-refractivity contribution >= 4 is 5.91 Å². The van der Waals surface area contributed by atoms with Crippen LogP contribution in [-0.2, 0) is 4.79 Å². The third kappa shape index (κ3) is 3.80. The van der Waals surface area contributed by atoms with Crippen LogP contribution in [0.3, 0.4) is 0 Å². The number of hydrogen-bond acceptors (Lipinski definition) is 5. The van der Waals surface area contributed by atoms with Crippen LogP contribution in [0.25, 0.3) is 11.3 Å². The summed E-state index contributed by atoms with van der Waals surface area (Å²) >= 11 is 0. The quantitative estimate of drug-likeness (QED) is 0.621. The van der Waals surface area contributed by atoms with E-state index in [0.717, 1.165) is 36.3 Å². The highest BCUT2D eigenvalue weighted by molar-refractivity contribution is 5.89.